The fourth-order valence-corrected chi connectivity index (χ4v) is 2.47. The Hall–Kier alpha value is -1.33. The fraction of sp³-hybridized carbons (Fsp3) is 0.273. The largest absolute Gasteiger partial charge is 0.490 e. The third-order valence-corrected chi connectivity index (χ3v) is 3.55. The maximum Gasteiger partial charge on any atom is 0.198 e. The normalized spacial score (nSPS) is 10.3. The zero-order valence-corrected chi connectivity index (χ0v) is 11.1. The van der Waals surface area contributed by atoms with Crippen molar-refractivity contribution in [3.63, 3.8) is 0 Å². The molecule has 17 heavy (non-hydrogen) atoms. The van der Waals surface area contributed by atoms with Gasteiger partial charge in [0.25, 0.3) is 0 Å². The standard InChI is InChI=1S/C11H12ClN3OS/c1-7-4-17-5-8(7)3-13-11-9(16-2)10(12)14-6-15-11/h4-6H,3H2,1-2H3,(H,13,14,15). The van der Waals surface area contributed by atoms with Crippen molar-refractivity contribution in [2.45, 2.75) is 13.5 Å². The third kappa shape index (κ3) is 2.68. The molecule has 2 aromatic heterocycles. The van der Waals surface area contributed by atoms with Crippen LogP contribution < -0.4 is 10.1 Å². The summed E-state index contributed by atoms with van der Waals surface area (Å²) >= 11 is 7.59. The first-order valence-electron chi connectivity index (χ1n) is 5.02. The van der Waals surface area contributed by atoms with Crippen LogP contribution >= 0.6 is 22.9 Å². The third-order valence-electron chi connectivity index (χ3n) is 2.37. The molecule has 2 aromatic rings. The highest BCUT2D eigenvalue weighted by Crippen LogP contribution is 2.28. The molecule has 0 aliphatic heterocycles. The van der Waals surface area contributed by atoms with Crippen molar-refractivity contribution in [2.75, 3.05) is 12.4 Å². The van der Waals surface area contributed by atoms with E-state index in [0.717, 1.165) is 0 Å². The number of methoxy groups -OCH3 is 1. The number of anilines is 1. The lowest BCUT2D eigenvalue weighted by Gasteiger charge is -2.10. The van der Waals surface area contributed by atoms with E-state index in [1.54, 1.807) is 18.4 Å². The summed E-state index contributed by atoms with van der Waals surface area (Å²) in [5, 5.41) is 7.73. The minimum atomic E-state index is 0.312. The van der Waals surface area contributed by atoms with Crippen LogP contribution in [0.15, 0.2) is 17.1 Å². The van der Waals surface area contributed by atoms with Gasteiger partial charge in [0, 0.05) is 6.54 Å². The molecule has 0 aliphatic carbocycles. The molecular formula is C11H12ClN3OS. The molecule has 0 bridgehead atoms. The van der Waals surface area contributed by atoms with Crippen molar-refractivity contribution in [2.24, 2.45) is 0 Å². The molecule has 0 spiro atoms. The lowest BCUT2D eigenvalue weighted by Crippen LogP contribution is -2.04. The molecule has 6 heteroatoms. The molecular weight excluding hydrogens is 258 g/mol. The van der Waals surface area contributed by atoms with Crippen LogP contribution in [0.4, 0.5) is 5.82 Å². The van der Waals surface area contributed by atoms with Gasteiger partial charge in [-0.3, -0.25) is 0 Å². The molecule has 90 valence electrons. The Labute approximate surface area is 109 Å². The highest BCUT2D eigenvalue weighted by molar-refractivity contribution is 7.08. The predicted molar refractivity (Wildman–Crippen MR) is 70.0 cm³/mol. The summed E-state index contributed by atoms with van der Waals surface area (Å²) in [7, 11) is 1.55. The van der Waals surface area contributed by atoms with Crippen molar-refractivity contribution in [3.8, 4) is 5.75 Å². The maximum absolute atomic E-state index is 5.91. The summed E-state index contributed by atoms with van der Waals surface area (Å²) in [4.78, 5) is 7.98. The van der Waals surface area contributed by atoms with Crippen LogP contribution in [0.2, 0.25) is 5.15 Å². The van der Waals surface area contributed by atoms with Crippen molar-refractivity contribution < 1.29 is 4.74 Å². The number of nitrogens with zero attached hydrogens (tertiary/aromatic N) is 2. The van der Waals surface area contributed by atoms with Crippen molar-refractivity contribution in [3.05, 3.63) is 33.4 Å². The van der Waals surface area contributed by atoms with Crippen molar-refractivity contribution in [1.82, 2.24) is 9.97 Å². The van der Waals surface area contributed by atoms with Gasteiger partial charge < -0.3 is 10.1 Å². The van der Waals surface area contributed by atoms with Crippen molar-refractivity contribution in [1.29, 1.82) is 0 Å². The first kappa shape index (κ1) is 12.1. The molecule has 0 atom stereocenters. The van der Waals surface area contributed by atoms with E-state index >= 15 is 0 Å². The molecule has 2 heterocycles. The molecule has 0 amide bonds. The molecule has 0 aromatic carbocycles. The number of hydrogen-bond donors (Lipinski definition) is 1. The van der Waals surface area contributed by atoms with Crippen LogP contribution in [0.3, 0.4) is 0 Å². The Morgan fingerprint density at radius 3 is 2.88 bits per heavy atom. The predicted octanol–water partition coefficient (Wildman–Crippen LogP) is 3.12. The van der Waals surface area contributed by atoms with Crippen LogP contribution in [0.1, 0.15) is 11.1 Å². The summed E-state index contributed by atoms with van der Waals surface area (Å²) in [5.74, 6) is 1.08. The van der Waals surface area contributed by atoms with E-state index in [0.29, 0.717) is 23.3 Å². The molecule has 1 N–H and O–H groups in total. The number of thiophene rings is 1. The van der Waals surface area contributed by atoms with Gasteiger partial charge in [0.05, 0.1) is 7.11 Å². The SMILES string of the molecule is COc1c(Cl)ncnc1NCc1cscc1C. The summed E-state index contributed by atoms with van der Waals surface area (Å²) in [5.41, 5.74) is 2.51. The van der Waals surface area contributed by atoms with E-state index in [9.17, 15) is 0 Å². The zero-order chi connectivity index (χ0) is 12.3. The molecule has 0 radical (unpaired) electrons. The summed E-state index contributed by atoms with van der Waals surface area (Å²) in [6, 6.07) is 0. The lowest BCUT2D eigenvalue weighted by molar-refractivity contribution is 0.413. The Morgan fingerprint density at radius 2 is 2.24 bits per heavy atom. The minimum absolute atomic E-state index is 0.312. The molecule has 0 saturated carbocycles. The van der Waals surface area contributed by atoms with Gasteiger partial charge in [-0.2, -0.15) is 11.3 Å². The minimum Gasteiger partial charge on any atom is -0.490 e. The van der Waals surface area contributed by atoms with Crippen LogP contribution in [-0.4, -0.2) is 17.1 Å². The molecule has 0 aliphatic rings. The van der Waals surface area contributed by atoms with Gasteiger partial charge in [0.2, 0.25) is 0 Å². The van der Waals surface area contributed by atoms with Gasteiger partial charge in [-0.1, -0.05) is 11.6 Å². The first-order chi connectivity index (χ1) is 8.22. The van der Waals surface area contributed by atoms with Crippen LogP contribution in [-0.2, 0) is 6.54 Å². The summed E-state index contributed by atoms with van der Waals surface area (Å²) in [6.07, 6.45) is 1.41. The monoisotopic (exact) mass is 269 g/mol. The molecule has 0 saturated heterocycles. The average molecular weight is 270 g/mol. The number of nitrogens with one attached hydrogen (secondary N) is 1. The maximum atomic E-state index is 5.91. The summed E-state index contributed by atoms with van der Waals surface area (Å²) < 4.78 is 5.16. The van der Waals surface area contributed by atoms with Gasteiger partial charge >= 0.3 is 0 Å². The van der Waals surface area contributed by atoms with E-state index in [-0.39, 0.29) is 0 Å². The second-order valence-corrected chi connectivity index (χ2v) is 4.58. The first-order valence-corrected chi connectivity index (χ1v) is 6.34. The van der Waals surface area contributed by atoms with Gasteiger partial charge in [0.1, 0.15) is 6.33 Å². The topological polar surface area (TPSA) is 47.0 Å². The van der Waals surface area contributed by atoms with Crippen LogP contribution in [0.25, 0.3) is 0 Å². The Kier molecular flexibility index (Phi) is 3.81. The van der Waals surface area contributed by atoms with Gasteiger partial charge in [-0.25, -0.2) is 9.97 Å². The van der Waals surface area contributed by atoms with E-state index < -0.39 is 0 Å². The fourth-order valence-electron chi connectivity index (χ4n) is 1.41. The lowest BCUT2D eigenvalue weighted by atomic mass is 10.2. The molecule has 4 nitrogen and oxygen atoms in total. The Morgan fingerprint density at radius 1 is 1.41 bits per heavy atom. The highest BCUT2D eigenvalue weighted by Gasteiger charge is 2.10. The molecule has 2 rings (SSSR count). The van der Waals surface area contributed by atoms with Gasteiger partial charge in [0.15, 0.2) is 16.7 Å². The summed E-state index contributed by atoms with van der Waals surface area (Å²) in [6.45, 7) is 2.77. The van der Waals surface area contributed by atoms with E-state index in [2.05, 4.69) is 33.0 Å². The number of hydrogen-bond acceptors (Lipinski definition) is 5. The quantitative estimate of drug-likeness (QED) is 0.867. The number of aryl methyl sites for hydroxylation is 1. The second-order valence-electron chi connectivity index (χ2n) is 3.48. The average Bonchev–Trinajstić information content (AvgIpc) is 2.72. The van der Waals surface area contributed by atoms with E-state index in [1.807, 2.05) is 0 Å². The number of halogens is 1. The second kappa shape index (κ2) is 5.33. The van der Waals surface area contributed by atoms with E-state index in [1.165, 1.54) is 17.5 Å². The van der Waals surface area contributed by atoms with Gasteiger partial charge in [-0.15, -0.1) is 0 Å². The van der Waals surface area contributed by atoms with Gasteiger partial charge in [-0.05, 0) is 28.8 Å². The zero-order valence-electron chi connectivity index (χ0n) is 9.53. The molecule has 0 unspecified atom stereocenters. The Bertz CT molecular complexity index is 515. The van der Waals surface area contributed by atoms with Crippen LogP contribution in [0.5, 0.6) is 5.75 Å². The number of rotatable bonds is 4. The van der Waals surface area contributed by atoms with Crippen LogP contribution in [0, 0.1) is 6.92 Å². The smallest absolute Gasteiger partial charge is 0.198 e. The highest BCUT2D eigenvalue weighted by atomic mass is 35.5. The van der Waals surface area contributed by atoms with E-state index in [4.69, 9.17) is 16.3 Å². The number of ether oxygens (including phenoxy) is 1. The Balaban J connectivity index is 2.14. The number of aromatic nitrogens is 2. The molecule has 0 fully saturated rings. The van der Waals surface area contributed by atoms with Crippen molar-refractivity contribution >= 4 is 28.8 Å².